The summed E-state index contributed by atoms with van der Waals surface area (Å²) in [7, 11) is 0. The Kier molecular flexibility index (Phi) is 4.29. The third-order valence-corrected chi connectivity index (χ3v) is 3.49. The lowest BCUT2D eigenvalue weighted by atomic mass is 10.1. The first kappa shape index (κ1) is 15.1. The quantitative estimate of drug-likeness (QED) is 0.903. The van der Waals surface area contributed by atoms with Gasteiger partial charge in [-0.05, 0) is 49.2 Å². The van der Waals surface area contributed by atoms with Crippen molar-refractivity contribution in [3.05, 3.63) is 63.7 Å². The molecular formula is C16H14ClNO3. The van der Waals surface area contributed by atoms with Crippen molar-refractivity contribution in [2.75, 3.05) is 5.32 Å². The van der Waals surface area contributed by atoms with Crippen molar-refractivity contribution in [1.29, 1.82) is 0 Å². The minimum absolute atomic E-state index is 0.155. The van der Waals surface area contributed by atoms with E-state index in [9.17, 15) is 9.59 Å². The molecule has 2 N–H and O–H groups in total. The van der Waals surface area contributed by atoms with Crippen molar-refractivity contribution in [1.82, 2.24) is 0 Å². The van der Waals surface area contributed by atoms with Crippen LogP contribution in [-0.4, -0.2) is 17.0 Å². The Bertz CT molecular complexity index is 725. The van der Waals surface area contributed by atoms with Gasteiger partial charge in [0.1, 0.15) is 0 Å². The third-order valence-electron chi connectivity index (χ3n) is 3.18. The summed E-state index contributed by atoms with van der Waals surface area (Å²) < 4.78 is 0. The summed E-state index contributed by atoms with van der Waals surface area (Å²) in [5, 5.41) is 12.1. The second-order valence-electron chi connectivity index (χ2n) is 4.72. The summed E-state index contributed by atoms with van der Waals surface area (Å²) >= 11 is 6.06. The summed E-state index contributed by atoms with van der Waals surface area (Å²) in [4.78, 5) is 23.3. The molecule has 0 fully saturated rings. The zero-order valence-electron chi connectivity index (χ0n) is 11.6. The number of aromatic carboxylic acids is 1. The predicted octanol–water partition coefficient (Wildman–Crippen LogP) is 3.91. The van der Waals surface area contributed by atoms with Gasteiger partial charge in [0.15, 0.2) is 0 Å². The molecule has 5 heteroatoms. The van der Waals surface area contributed by atoms with Crippen LogP contribution in [0.15, 0.2) is 36.4 Å². The van der Waals surface area contributed by atoms with E-state index >= 15 is 0 Å². The Hall–Kier alpha value is -2.33. The van der Waals surface area contributed by atoms with Gasteiger partial charge in [0, 0.05) is 5.69 Å². The Morgan fingerprint density at radius 3 is 2.43 bits per heavy atom. The zero-order chi connectivity index (χ0) is 15.6. The highest BCUT2D eigenvalue weighted by Crippen LogP contribution is 2.22. The van der Waals surface area contributed by atoms with Gasteiger partial charge in [0.25, 0.3) is 5.91 Å². The number of carbonyl (C=O) groups excluding carboxylic acids is 1. The van der Waals surface area contributed by atoms with Gasteiger partial charge in [-0.1, -0.05) is 23.7 Å². The summed E-state index contributed by atoms with van der Waals surface area (Å²) in [6.45, 7) is 3.53. The Balaban J connectivity index is 2.32. The van der Waals surface area contributed by atoms with Crippen LogP contribution in [0.25, 0.3) is 0 Å². The average molecular weight is 304 g/mol. The van der Waals surface area contributed by atoms with Gasteiger partial charge in [-0.3, -0.25) is 4.79 Å². The number of anilines is 1. The highest BCUT2D eigenvalue weighted by molar-refractivity contribution is 6.34. The van der Waals surface area contributed by atoms with E-state index in [1.165, 1.54) is 6.07 Å². The Morgan fingerprint density at radius 2 is 1.81 bits per heavy atom. The van der Waals surface area contributed by atoms with Crippen LogP contribution < -0.4 is 5.32 Å². The largest absolute Gasteiger partial charge is 0.478 e. The molecule has 0 radical (unpaired) electrons. The maximum atomic E-state index is 12.2. The molecule has 4 nitrogen and oxygen atoms in total. The number of amides is 1. The van der Waals surface area contributed by atoms with Crippen molar-refractivity contribution in [3.8, 4) is 0 Å². The van der Waals surface area contributed by atoms with Crippen molar-refractivity contribution in [2.24, 2.45) is 0 Å². The van der Waals surface area contributed by atoms with E-state index in [0.29, 0.717) is 21.8 Å². The lowest BCUT2D eigenvalue weighted by Crippen LogP contribution is -2.14. The molecule has 2 aromatic rings. The second kappa shape index (κ2) is 5.97. The van der Waals surface area contributed by atoms with E-state index < -0.39 is 5.97 Å². The number of rotatable bonds is 3. The van der Waals surface area contributed by atoms with Crippen LogP contribution in [0.3, 0.4) is 0 Å². The van der Waals surface area contributed by atoms with Crippen LogP contribution in [0.1, 0.15) is 31.8 Å². The number of nitrogens with one attached hydrogen (secondary N) is 1. The molecule has 0 saturated carbocycles. The van der Waals surface area contributed by atoms with Crippen LogP contribution in [0.2, 0.25) is 5.02 Å². The first-order valence-corrected chi connectivity index (χ1v) is 6.68. The minimum Gasteiger partial charge on any atom is -0.478 e. The zero-order valence-corrected chi connectivity index (χ0v) is 12.4. The van der Waals surface area contributed by atoms with Crippen LogP contribution in [0.5, 0.6) is 0 Å². The fourth-order valence-electron chi connectivity index (χ4n) is 2.00. The molecule has 2 rings (SSSR count). The first-order chi connectivity index (χ1) is 9.90. The van der Waals surface area contributed by atoms with E-state index in [0.717, 1.165) is 5.56 Å². The number of hydrogen-bond acceptors (Lipinski definition) is 2. The molecule has 0 aliphatic rings. The van der Waals surface area contributed by atoms with Crippen LogP contribution >= 0.6 is 11.6 Å². The average Bonchev–Trinajstić information content (AvgIpc) is 2.40. The topological polar surface area (TPSA) is 66.4 Å². The maximum Gasteiger partial charge on any atom is 0.336 e. The van der Waals surface area contributed by atoms with E-state index in [2.05, 4.69) is 5.32 Å². The lowest BCUT2D eigenvalue weighted by Gasteiger charge is -2.11. The lowest BCUT2D eigenvalue weighted by molar-refractivity contribution is 0.0695. The molecule has 21 heavy (non-hydrogen) atoms. The Labute approximate surface area is 127 Å². The van der Waals surface area contributed by atoms with E-state index in [1.807, 2.05) is 6.92 Å². The monoisotopic (exact) mass is 303 g/mol. The highest BCUT2D eigenvalue weighted by atomic mass is 35.5. The van der Waals surface area contributed by atoms with Gasteiger partial charge in [-0.25, -0.2) is 4.79 Å². The molecule has 0 saturated heterocycles. The van der Waals surface area contributed by atoms with E-state index in [1.54, 1.807) is 37.3 Å². The number of carboxylic acid groups (broad SMARTS) is 1. The molecule has 1 amide bonds. The molecule has 0 heterocycles. The predicted molar refractivity (Wildman–Crippen MR) is 82.3 cm³/mol. The van der Waals surface area contributed by atoms with Gasteiger partial charge in [0.05, 0.1) is 16.1 Å². The molecular weight excluding hydrogens is 290 g/mol. The summed E-state index contributed by atoms with van der Waals surface area (Å²) in [6, 6.07) is 9.87. The molecule has 0 unspecified atom stereocenters. The fraction of sp³-hybridized carbons (Fsp3) is 0.125. The third kappa shape index (κ3) is 3.23. The van der Waals surface area contributed by atoms with E-state index in [4.69, 9.17) is 16.7 Å². The van der Waals surface area contributed by atoms with Gasteiger partial charge >= 0.3 is 5.97 Å². The van der Waals surface area contributed by atoms with Crippen molar-refractivity contribution < 1.29 is 14.7 Å². The van der Waals surface area contributed by atoms with Gasteiger partial charge < -0.3 is 10.4 Å². The molecule has 0 aliphatic heterocycles. The van der Waals surface area contributed by atoms with E-state index in [-0.39, 0.29) is 11.5 Å². The van der Waals surface area contributed by atoms with Crippen LogP contribution in [0.4, 0.5) is 5.69 Å². The summed E-state index contributed by atoms with van der Waals surface area (Å²) in [5.41, 5.74) is 2.42. The normalized spacial score (nSPS) is 10.2. The first-order valence-electron chi connectivity index (χ1n) is 6.30. The molecule has 0 spiro atoms. The minimum atomic E-state index is -1.03. The van der Waals surface area contributed by atoms with Gasteiger partial charge in [-0.2, -0.15) is 0 Å². The second-order valence-corrected chi connectivity index (χ2v) is 5.13. The van der Waals surface area contributed by atoms with Crippen molar-refractivity contribution in [2.45, 2.75) is 13.8 Å². The maximum absolute atomic E-state index is 12.2. The molecule has 0 aromatic heterocycles. The molecule has 0 atom stereocenters. The van der Waals surface area contributed by atoms with Crippen molar-refractivity contribution >= 4 is 29.2 Å². The highest BCUT2D eigenvalue weighted by Gasteiger charge is 2.14. The van der Waals surface area contributed by atoms with Gasteiger partial charge in [-0.15, -0.1) is 0 Å². The fourth-order valence-corrected chi connectivity index (χ4v) is 2.32. The molecule has 0 bridgehead atoms. The number of carboxylic acids is 1. The number of carbonyl (C=O) groups is 2. The number of aryl methyl sites for hydroxylation is 1. The smallest absolute Gasteiger partial charge is 0.336 e. The van der Waals surface area contributed by atoms with Crippen LogP contribution in [0, 0.1) is 13.8 Å². The molecule has 0 aliphatic carbocycles. The Morgan fingerprint density at radius 1 is 1.10 bits per heavy atom. The summed E-state index contributed by atoms with van der Waals surface area (Å²) in [5.74, 6) is -1.40. The molecule has 2 aromatic carbocycles. The molecule has 108 valence electrons. The number of hydrogen-bond donors (Lipinski definition) is 2. The van der Waals surface area contributed by atoms with Crippen molar-refractivity contribution in [3.63, 3.8) is 0 Å². The standard InChI is InChI=1S/C16H14ClNO3/c1-9-6-7-12(13(17)8-9)15(19)18-14-5-3-4-11(10(14)2)16(20)21/h3-8H,1-2H3,(H,18,19)(H,20,21). The van der Waals surface area contributed by atoms with Gasteiger partial charge in [0.2, 0.25) is 0 Å². The SMILES string of the molecule is Cc1ccc(C(=O)Nc2cccc(C(=O)O)c2C)c(Cl)c1. The number of halogens is 1. The summed E-state index contributed by atoms with van der Waals surface area (Å²) in [6.07, 6.45) is 0. The van der Waals surface area contributed by atoms with Crippen LogP contribution in [-0.2, 0) is 0 Å². The number of benzene rings is 2.